The van der Waals surface area contributed by atoms with Gasteiger partial charge in [0.25, 0.3) is 11.8 Å². The van der Waals surface area contributed by atoms with Gasteiger partial charge in [-0.3, -0.25) is 9.59 Å². The zero-order valence-corrected chi connectivity index (χ0v) is 21.1. The van der Waals surface area contributed by atoms with Crippen molar-refractivity contribution < 1.29 is 24.2 Å². The van der Waals surface area contributed by atoms with E-state index in [1.165, 1.54) is 6.21 Å². The molecule has 9 heteroatoms. The van der Waals surface area contributed by atoms with E-state index in [1.807, 2.05) is 12.1 Å². The van der Waals surface area contributed by atoms with Crippen molar-refractivity contribution in [1.29, 1.82) is 0 Å². The number of hydrogen-bond acceptors (Lipinski definition) is 6. The van der Waals surface area contributed by atoms with Gasteiger partial charge in [0.15, 0.2) is 12.2 Å². The molecular weight excluding hydrogens is 526 g/mol. The topological polar surface area (TPSA) is 100 Å². The summed E-state index contributed by atoms with van der Waals surface area (Å²) in [6, 6.07) is 22.6. The first-order chi connectivity index (χ1) is 17.5. The molecule has 186 valence electrons. The van der Waals surface area contributed by atoms with Crippen LogP contribution in [0.3, 0.4) is 0 Å². The molecule has 2 amide bonds. The Morgan fingerprint density at radius 3 is 2.22 bits per heavy atom. The van der Waals surface area contributed by atoms with Crippen LogP contribution < -0.4 is 10.2 Å². The monoisotopic (exact) mass is 551 g/mol. The van der Waals surface area contributed by atoms with E-state index in [-0.39, 0.29) is 12.5 Å². The molecule has 0 atom stereocenters. The predicted octanol–water partition coefficient (Wildman–Crippen LogP) is 3.07. The second kappa shape index (κ2) is 11.9. The van der Waals surface area contributed by atoms with Gasteiger partial charge in [-0.1, -0.05) is 60.7 Å². The number of carbonyl (C=O) groups excluding carboxylic acids is 2. The van der Waals surface area contributed by atoms with E-state index in [9.17, 15) is 14.7 Å². The van der Waals surface area contributed by atoms with E-state index >= 15 is 0 Å². The summed E-state index contributed by atoms with van der Waals surface area (Å²) < 4.78 is 11.6. The molecule has 8 nitrogen and oxygen atoms in total. The molecule has 1 heterocycles. The molecule has 3 aromatic carbocycles. The molecule has 1 saturated heterocycles. The molecule has 36 heavy (non-hydrogen) atoms. The lowest BCUT2D eigenvalue weighted by Gasteiger charge is -2.27. The Labute approximate surface area is 217 Å². The first-order valence-corrected chi connectivity index (χ1v) is 12.2. The third-order valence-electron chi connectivity index (χ3n) is 5.76. The first kappa shape index (κ1) is 25.6. The Morgan fingerprint density at radius 2 is 1.64 bits per heavy atom. The number of aliphatic hydroxyl groups is 1. The van der Waals surface area contributed by atoms with Crippen LogP contribution in [0.5, 0.6) is 5.75 Å². The Morgan fingerprint density at radius 1 is 1.03 bits per heavy atom. The average molecular weight is 552 g/mol. The molecule has 0 unspecified atom stereocenters. The number of benzene rings is 3. The lowest BCUT2D eigenvalue weighted by atomic mass is 9.85. The van der Waals surface area contributed by atoms with Gasteiger partial charge >= 0.3 is 0 Å². The normalized spacial score (nSPS) is 14.0. The number of rotatable bonds is 8. The van der Waals surface area contributed by atoms with Crippen LogP contribution in [0, 0.1) is 0 Å². The van der Waals surface area contributed by atoms with Gasteiger partial charge in [-0.2, -0.15) is 5.10 Å². The highest BCUT2D eigenvalue weighted by molar-refractivity contribution is 9.10. The summed E-state index contributed by atoms with van der Waals surface area (Å²) in [5, 5.41) is 15.5. The minimum Gasteiger partial charge on any atom is -0.483 e. The largest absolute Gasteiger partial charge is 0.483 e. The highest BCUT2D eigenvalue weighted by Gasteiger charge is 2.39. The zero-order valence-electron chi connectivity index (χ0n) is 19.5. The minimum absolute atomic E-state index is 0.0698. The molecule has 1 aliphatic heterocycles. The van der Waals surface area contributed by atoms with Crippen molar-refractivity contribution in [1.82, 2.24) is 10.3 Å². The van der Waals surface area contributed by atoms with Crippen LogP contribution in [0.2, 0.25) is 0 Å². The maximum atomic E-state index is 13.1. The highest BCUT2D eigenvalue weighted by atomic mass is 79.9. The van der Waals surface area contributed by atoms with Crippen molar-refractivity contribution in [2.75, 3.05) is 32.9 Å². The summed E-state index contributed by atoms with van der Waals surface area (Å²) in [5.74, 6) is -0.264. The fourth-order valence-corrected chi connectivity index (χ4v) is 4.30. The number of morpholine rings is 1. The van der Waals surface area contributed by atoms with Crippen LogP contribution in [-0.2, 0) is 19.9 Å². The molecule has 3 aromatic rings. The Hall–Kier alpha value is -3.53. The predicted molar refractivity (Wildman–Crippen MR) is 139 cm³/mol. The molecule has 1 aliphatic rings. The number of nitrogens with zero attached hydrogens (tertiary/aromatic N) is 2. The molecular formula is C27H26BrN3O5. The van der Waals surface area contributed by atoms with Gasteiger partial charge in [-0.15, -0.1) is 0 Å². The van der Waals surface area contributed by atoms with Gasteiger partial charge < -0.3 is 19.5 Å². The second-order valence-electron chi connectivity index (χ2n) is 8.11. The van der Waals surface area contributed by atoms with Crippen LogP contribution in [0.25, 0.3) is 0 Å². The molecule has 0 saturated carbocycles. The molecule has 0 aliphatic carbocycles. The molecule has 1 fully saturated rings. The minimum atomic E-state index is -1.91. The van der Waals surface area contributed by atoms with Crippen LogP contribution >= 0.6 is 15.9 Å². The summed E-state index contributed by atoms with van der Waals surface area (Å²) in [4.78, 5) is 27.1. The van der Waals surface area contributed by atoms with E-state index in [4.69, 9.17) is 9.47 Å². The fraction of sp³-hybridized carbons (Fsp3) is 0.222. The number of ether oxygens (including phenoxy) is 2. The van der Waals surface area contributed by atoms with E-state index in [2.05, 4.69) is 26.5 Å². The smallest absolute Gasteiger partial charge is 0.281 e. The van der Waals surface area contributed by atoms with Gasteiger partial charge in [-0.05, 0) is 50.8 Å². The molecule has 0 bridgehead atoms. The van der Waals surface area contributed by atoms with E-state index in [0.29, 0.717) is 53.2 Å². The van der Waals surface area contributed by atoms with Crippen LogP contribution in [0.15, 0.2) is 88.4 Å². The first-order valence-electron chi connectivity index (χ1n) is 11.4. The summed E-state index contributed by atoms with van der Waals surface area (Å²) >= 11 is 3.45. The zero-order chi connectivity index (χ0) is 25.4. The number of nitrogens with one attached hydrogen (secondary N) is 1. The SMILES string of the molecule is O=C(COc1ccc(/C=N\NC(=O)C(O)(c2ccccc2)c2ccccc2)cc1Br)N1CCOCC1. The Bertz CT molecular complexity index is 1180. The van der Waals surface area contributed by atoms with E-state index in [1.54, 1.807) is 71.6 Å². The number of hydrazone groups is 1. The maximum Gasteiger partial charge on any atom is 0.281 e. The number of amides is 2. The lowest BCUT2D eigenvalue weighted by Crippen LogP contribution is -2.43. The molecule has 0 aromatic heterocycles. The quantitative estimate of drug-likeness (QED) is 0.331. The van der Waals surface area contributed by atoms with Crippen LogP contribution in [-0.4, -0.2) is 60.9 Å². The third-order valence-corrected chi connectivity index (χ3v) is 6.38. The van der Waals surface area contributed by atoms with Gasteiger partial charge in [0.2, 0.25) is 0 Å². The van der Waals surface area contributed by atoms with Gasteiger partial charge in [-0.25, -0.2) is 5.43 Å². The molecule has 0 spiro atoms. The number of halogens is 1. The summed E-state index contributed by atoms with van der Waals surface area (Å²) in [5.41, 5.74) is 2.08. The van der Waals surface area contributed by atoms with Crippen molar-refractivity contribution in [2.45, 2.75) is 5.60 Å². The van der Waals surface area contributed by atoms with Gasteiger partial charge in [0.1, 0.15) is 5.75 Å². The van der Waals surface area contributed by atoms with Crippen molar-refractivity contribution >= 4 is 34.0 Å². The number of carbonyl (C=O) groups is 2. The van der Waals surface area contributed by atoms with Gasteiger partial charge in [0, 0.05) is 13.1 Å². The van der Waals surface area contributed by atoms with E-state index in [0.717, 1.165) is 0 Å². The van der Waals surface area contributed by atoms with Gasteiger partial charge in [0.05, 0.1) is 23.9 Å². The lowest BCUT2D eigenvalue weighted by molar-refractivity contribution is -0.137. The Kier molecular flexibility index (Phi) is 8.48. The summed E-state index contributed by atoms with van der Waals surface area (Å²) in [7, 11) is 0. The molecule has 4 rings (SSSR count). The van der Waals surface area contributed by atoms with Crippen molar-refractivity contribution in [3.63, 3.8) is 0 Å². The fourth-order valence-electron chi connectivity index (χ4n) is 3.79. The van der Waals surface area contributed by atoms with Crippen LogP contribution in [0.1, 0.15) is 16.7 Å². The molecule has 0 radical (unpaired) electrons. The van der Waals surface area contributed by atoms with E-state index < -0.39 is 11.5 Å². The molecule has 2 N–H and O–H groups in total. The standard InChI is InChI=1S/C27H26BrN3O5/c28-23-17-20(11-12-24(23)36-19-25(32)31-13-15-35-16-14-31)18-29-30-26(33)27(34,21-7-3-1-4-8-21)22-9-5-2-6-10-22/h1-12,17-18,34H,13-16,19H2,(H,30,33)/b29-18-. The Balaban J connectivity index is 1.41. The van der Waals surface area contributed by atoms with Crippen LogP contribution in [0.4, 0.5) is 0 Å². The maximum absolute atomic E-state index is 13.1. The third kappa shape index (κ3) is 5.99. The highest BCUT2D eigenvalue weighted by Crippen LogP contribution is 2.30. The average Bonchev–Trinajstić information content (AvgIpc) is 2.93. The van der Waals surface area contributed by atoms with Crippen molar-refractivity contribution in [2.24, 2.45) is 5.10 Å². The second-order valence-corrected chi connectivity index (χ2v) is 8.97. The summed E-state index contributed by atoms with van der Waals surface area (Å²) in [6.45, 7) is 2.13. The van der Waals surface area contributed by atoms with Crippen molar-refractivity contribution in [3.8, 4) is 5.75 Å². The number of hydrogen-bond donors (Lipinski definition) is 2. The van der Waals surface area contributed by atoms with Crippen molar-refractivity contribution in [3.05, 3.63) is 100 Å². The summed E-state index contributed by atoms with van der Waals surface area (Å²) in [6.07, 6.45) is 1.46.